The molecule has 154 valence electrons. The number of hydrogen-bond acceptors (Lipinski definition) is 5. The van der Waals surface area contributed by atoms with Crippen LogP contribution in [0.5, 0.6) is 0 Å². The van der Waals surface area contributed by atoms with Crippen LogP contribution < -0.4 is 0 Å². The fraction of sp³-hybridized carbons (Fsp3) is 0.895. The lowest BCUT2D eigenvalue weighted by Crippen LogP contribution is -2.64. The van der Waals surface area contributed by atoms with E-state index in [-0.39, 0.29) is 13.1 Å². The Balaban J connectivity index is 0.00000301. The molecule has 0 saturated carbocycles. The standard InChI is InChI=1S/C17H32N2O5.C2H6/c1-15(2,3)23-13(20)18-9-10-19(12(11-18)17(7,8)22)14(21)24-16(4,5)6;1-2/h12,22H,9-11H2,1-8H3;1-2H3. The van der Waals surface area contributed by atoms with Gasteiger partial charge >= 0.3 is 12.2 Å². The number of carbonyl (C=O) groups is 2. The molecule has 0 aromatic rings. The zero-order valence-corrected chi connectivity index (χ0v) is 18.2. The number of hydrogen-bond donors (Lipinski definition) is 1. The van der Waals surface area contributed by atoms with Gasteiger partial charge in [-0.15, -0.1) is 0 Å². The third-order valence-electron chi connectivity index (χ3n) is 3.48. The fourth-order valence-electron chi connectivity index (χ4n) is 2.42. The SMILES string of the molecule is CC.CC(C)(C)OC(=O)N1CCN(C(=O)OC(C)(C)C)C(C(C)(C)O)C1. The summed E-state index contributed by atoms with van der Waals surface area (Å²) >= 11 is 0. The average Bonchev–Trinajstić information content (AvgIpc) is 2.44. The number of carbonyl (C=O) groups excluding carboxylic acids is 2. The number of aliphatic hydroxyl groups is 1. The second kappa shape index (κ2) is 8.93. The Morgan fingerprint density at radius 3 is 1.65 bits per heavy atom. The topological polar surface area (TPSA) is 79.3 Å². The lowest BCUT2D eigenvalue weighted by molar-refractivity contribution is -0.0676. The molecule has 1 fully saturated rings. The summed E-state index contributed by atoms with van der Waals surface area (Å²) in [5.41, 5.74) is -2.40. The zero-order chi connectivity index (χ0) is 20.9. The van der Waals surface area contributed by atoms with Crippen molar-refractivity contribution in [2.75, 3.05) is 19.6 Å². The van der Waals surface area contributed by atoms with Gasteiger partial charge < -0.3 is 19.5 Å². The van der Waals surface area contributed by atoms with E-state index in [9.17, 15) is 14.7 Å². The molecule has 1 aliphatic heterocycles. The van der Waals surface area contributed by atoms with Gasteiger partial charge in [0.25, 0.3) is 0 Å². The lowest BCUT2D eigenvalue weighted by atomic mass is 9.95. The van der Waals surface area contributed by atoms with Crippen molar-refractivity contribution in [1.82, 2.24) is 9.80 Å². The van der Waals surface area contributed by atoms with Crippen molar-refractivity contribution in [2.24, 2.45) is 0 Å². The highest BCUT2D eigenvalue weighted by Gasteiger charge is 2.42. The van der Waals surface area contributed by atoms with Gasteiger partial charge in [-0.1, -0.05) is 13.8 Å². The Hall–Kier alpha value is -1.50. The lowest BCUT2D eigenvalue weighted by Gasteiger charge is -2.46. The molecule has 1 rings (SSSR count). The van der Waals surface area contributed by atoms with E-state index < -0.39 is 35.0 Å². The summed E-state index contributed by atoms with van der Waals surface area (Å²) in [7, 11) is 0. The van der Waals surface area contributed by atoms with E-state index in [1.807, 2.05) is 13.8 Å². The van der Waals surface area contributed by atoms with Crippen LogP contribution in [-0.2, 0) is 9.47 Å². The number of amides is 2. The normalized spacial score (nSPS) is 18.7. The zero-order valence-electron chi connectivity index (χ0n) is 18.2. The van der Waals surface area contributed by atoms with Crippen molar-refractivity contribution in [3.63, 3.8) is 0 Å². The Labute approximate surface area is 158 Å². The van der Waals surface area contributed by atoms with Gasteiger partial charge in [-0.3, -0.25) is 4.90 Å². The maximum absolute atomic E-state index is 12.4. The van der Waals surface area contributed by atoms with Gasteiger partial charge in [-0.2, -0.15) is 0 Å². The van der Waals surface area contributed by atoms with Crippen LogP contribution in [0.1, 0.15) is 69.2 Å². The molecule has 26 heavy (non-hydrogen) atoms. The second-order valence-electron chi connectivity index (χ2n) is 8.77. The van der Waals surface area contributed by atoms with Crippen LogP contribution in [0, 0.1) is 0 Å². The van der Waals surface area contributed by atoms with Crippen LogP contribution >= 0.6 is 0 Å². The van der Waals surface area contributed by atoms with E-state index in [1.54, 1.807) is 55.4 Å². The monoisotopic (exact) mass is 374 g/mol. The van der Waals surface area contributed by atoms with Crippen molar-refractivity contribution in [2.45, 2.75) is 92.1 Å². The predicted octanol–water partition coefficient (Wildman–Crippen LogP) is 3.64. The molecule has 1 saturated heterocycles. The van der Waals surface area contributed by atoms with Crippen LogP contribution in [0.4, 0.5) is 9.59 Å². The van der Waals surface area contributed by atoms with Crippen LogP contribution in [0.15, 0.2) is 0 Å². The minimum Gasteiger partial charge on any atom is -0.444 e. The van der Waals surface area contributed by atoms with Gasteiger partial charge in [0, 0.05) is 19.6 Å². The second-order valence-corrected chi connectivity index (χ2v) is 8.77. The van der Waals surface area contributed by atoms with Crippen molar-refractivity contribution in [3.05, 3.63) is 0 Å². The predicted molar refractivity (Wildman–Crippen MR) is 102 cm³/mol. The molecule has 0 spiro atoms. The first-order chi connectivity index (χ1) is 11.6. The molecule has 1 heterocycles. The molecule has 0 aromatic heterocycles. The first-order valence-corrected chi connectivity index (χ1v) is 9.30. The number of ether oxygens (including phenoxy) is 2. The molecule has 0 radical (unpaired) electrons. The van der Waals surface area contributed by atoms with Gasteiger partial charge in [-0.05, 0) is 55.4 Å². The van der Waals surface area contributed by atoms with Gasteiger partial charge in [-0.25, -0.2) is 9.59 Å². The fourth-order valence-corrected chi connectivity index (χ4v) is 2.42. The molecular formula is C19H38N2O5. The molecule has 2 amide bonds. The summed E-state index contributed by atoms with van der Waals surface area (Å²) in [6, 6.07) is -0.575. The quantitative estimate of drug-likeness (QED) is 0.758. The summed E-state index contributed by atoms with van der Waals surface area (Å²) in [6.07, 6.45) is -0.931. The number of nitrogens with zero attached hydrogens (tertiary/aromatic N) is 2. The Morgan fingerprint density at radius 2 is 1.27 bits per heavy atom. The van der Waals surface area contributed by atoms with Crippen molar-refractivity contribution in [1.29, 1.82) is 0 Å². The Bertz CT molecular complexity index is 472. The summed E-state index contributed by atoms with van der Waals surface area (Å²) in [6.45, 7) is 18.8. The third kappa shape index (κ3) is 8.25. The molecule has 0 bridgehead atoms. The summed E-state index contributed by atoms with van der Waals surface area (Å²) < 4.78 is 10.8. The van der Waals surface area contributed by atoms with Gasteiger partial charge in [0.05, 0.1) is 11.6 Å². The van der Waals surface area contributed by atoms with E-state index in [0.717, 1.165) is 0 Å². The average molecular weight is 375 g/mol. The highest BCUT2D eigenvalue weighted by Crippen LogP contribution is 2.24. The van der Waals surface area contributed by atoms with E-state index in [2.05, 4.69) is 0 Å². The Morgan fingerprint density at radius 1 is 0.846 bits per heavy atom. The van der Waals surface area contributed by atoms with E-state index in [0.29, 0.717) is 6.54 Å². The van der Waals surface area contributed by atoms with Crippen molar-refractivity contribution in [3.8, 4) is 0 Å². The van der Waals surface area contributed by atoms with Gasteiger partial charge in [0.15, 0.2) is 0 Å². The smallest absolute Gasteiger partial charge is 0.410 e. The molecule has 1 aliphatic rings. The largest absolute Gasteiger partial charge is 0.444 e. The Kier molecular flexibility index (Phi) is 8.41. The molecule has 1 unspecified atom stereocenters. The molecule has 7 heteroatoms. The van der Waals surface area contributed by atoms with E-state index in [1.165, 1.54) is 9.80 Å². The van der Waals surface area contributed by atoms with Gasteiger partial charge in [0.1, 0.15) is 11.2 Å². The van der Waals surface area contributed by atoms with Crippen molar-refractivity contribution >= 4 is 12.2 Å². The van der Waals surface area contributed by atoms with Crippen LogP contribution in [-0.4, -0.2) is 69.6 Å². The van der Waals surface area contributed by atoms with E-state index in [4.69, 9.17) is 9.47 Å². The highest BCUT2D eigenvalue weighted by molar-refractivity contribution is 5.71. The van der Waals surface area contributed by atoms with Crippen LogP contribution in [0.25, 0.3) is 0 Å². The maximum atomic E-state index is 12.4. The number of rotatable bonds is 1. The third-order valence-corrected chi connectivity index (χ3v) is 3.48. The molecule has 1 N–H and O–H groups in total. The highest BCUT2D eigenvalue weighted by atomic mass is 16.6. The minimum absolute atomic E-state index is 0.192. The first-order valence-electron chi connectivity index (χ1n) is 9.30. The molecule has 0 aliphatic carbocycles. The number of piperazine rings is 1. The summed E-state index contributed by atoms with van der Waals surface area (Å²) in [4.78, 5) is 27.7. The van der Waals surface area contributed by atoms with Crippen molar-refractivity contribution < 1.29 is 24.2 Å². The van der Waals surface area contributed by atoms with Crippen LogP contribution in [0.3, 0.4) is 0 Å². The molecule has 7 nitrogen and oxygen atoms in total. The summed E-state index contributed by atoms with van der Waals surface area (Å²) in [5.74, 6) is 0. The van der Waals surface area contributed by atoms with Crippen LogP contribution in [0.2, 0.25) is 0 Å². The first kappa shape index (κ1) is 24.5. The van der Waals surface area contributed by atoms with E-state index >= 15 is 0 Å². The van der Waals surface area contributed by atoms with Gasteiger partial charge in [0.2, 0.25) is 0 Å². The maximum Gasteiger partial charge on any atom is 0.410 e. The summed E-state index contributed by atoms with van der Waals surface area (Å²) in [5, 5.41) is 10.5. The molecule has 0 aromatic carbocycles. The molecule has 1 atom stereocenters. The minimum atomic E-state index is -1.18. The molecular weight excluding hydrogens is 336 g/mol.